The van der Waals surface area contributed by atoms with Crippen LogP contribution in [0.2, 0.25) is 0 Å². The van der Waals surface area contributed by atoms with Gasteiger partial charge in [-0.3, -0.25) is 15.6 Å². The van der Waals surface area contributed by atoms with Gasteiger partial charge in [-0.1, -0.05) is 29.8 Å². The Bertz CT molecular complexity index is 969. The number of hydrazine groups is 1. The number of hydrogen-bond acceptors (Lipinski definition) is 6. The van der Waals surface area contributed by atoms with E-state index in [1.807, 2.05) is 51.1 Å². The van der Waals surface area contributed by atoms with Crippen LogP contribution in [0.4, 0.5) is 23.0 Å². The number of nitrogen functional groups attached to an aromatic ring is 1. The fraction of sp³-hybridized carbons (Fsp3) is 0.150. The van der Waals surface area contributed by atoms with Gasteiger partial charge < -0.3 is 11.1 Å². The third-order valence-corrected chi connectivity index (χ3v) is 4.35. The number of nitrogens with zero attached hydrogens (tertiary/aromatic N) is 2. The van der Waals surface area contributed by atoms with E-state index in [0.29, 0.717) is 22.9 Å². The molecule has 0 saturated carbocycles. The fourth-order valence-electron chi connectivity index (χ4n) is 2.50. The molecule has 5 N–H and O–H groups in total. The summed E-state index contributed by atoms with van der Waals surface area (Å²) < 4.78 is 0. The van der Waals surface area contributed by atoms with E-state index in [0.717, 1.165) is 22.4 Å². The average molecular weight is 362 g/mol. The average Bonchev–Trinajstić information content (AvgIpc) is 2.66. The lowest BCUT2D eigenvalue weighted by Gasteiger charge is -2.15. The summed E-state index contributed by atoms with van der Waals surface area (Å²) in [6.45, 7) is 6.03. The van der Waals surface area contributed by atoms with Crippen LogP contribution >= 0.6 is 0 Å². The van der Waals surface area contributed by atoms with E-state index >= 15 is 0 Å². The SMILES string of the molecule is Cc1ccc(C(=O)NNc2ncnc(Nc3cccc(C)c3C)c2N)cc1. The van der Waals surface area contributed by atoms with E-state index in [1.54, 1.807) is 12.1 Å². The molecule has 0 spiro atoms. The van der Waals surface area contributed by atoms with Gasteiger partial charge in [0.2, 0.25) is 0 Å². The largest absolute Gasteiger partial charge is 0.393 e. The molecule has 1 heterocycles. The van der Waals surface area contributed by atoms with E-state index in [9.17, 15) is 4.79 Å². The predicted octanol–water partition coefficient (Wildman–Crippen LogP) is 3.48. The van der Waals surface area contributed by atoms with Gasteiger partial charge in [0.1, 0.15) is 12.0 Å². The summed E-state index contributed by atoms with van der Waals surface area (Å²) in [6.07, 6.45) is 1.38. The molecule has 0 unspecified atom stereocenters. The van der Waals surface area contributed by atoms with Crippen molar-refractivity contribution in [3.05, 3.63) is 71.0 Å². The molecule has 0 aliphatic heterocycles. The van der Waals surface area contributed by atoms with Crippen LogP contribution in [-0.2, 0) is 0 Å². The highest BCUT2D eigenvalue weighted by molar-refractivity contribution is 5.95. The summed E-state index contributed by atoms with van der Waals surface area (Å²) in [4.78, 5) is 20.5. The van der Waals surface area contributed by atoms with Gasteiger partial charge in [-0.05, 0) is 50.1 Å². The van der Waals surface area contributed by atoms with Crippen LogP contribution in [-0.4, -0.2) is 15.9 Å². The minimum Gasteiger partial charge on any atom is -0.393 e. The van der Waals surface area contributed by atoms with E-state index < -0.39 is 0 Å². The highest BCUT2D eigenvalue weighted by Crippen LogP contribution is 2.27. The van der Waals surface area contributed by atoms with E-state index in [4.69, 9.17) is 5.73 Å². The summed E-state index contributed by atoms with van der Waals surface area (Å²) in [6, 6.07) is 13.2. The number of hydrogen-bond donors (Lipinski definition) is 4. The lowest BCUT2D eigenvalue weighted by Crippen LogP contribution is -2.30. The first-order chi connectivity index (χ1) is 13.0. The van der Waals surface area contributed by atoms with Crippen LogP contribution in [0.25, 0.3) is 0 Å². The molecule has 0 aliphatic rings. The van der Waals surface area contributed by atoms with Crippen LogP contribution in [0.3, 0.4) is 0 Å². The summed E-state index contributed by atoms with van der Waals surface area (Å²) in [5.41, 5.74) is 16.6. The number of carbonyl (C=O) groups is 1. The van der Waals surface area contributed by atoms with E-state index in [-0.39, 0.29) is 5.91 Å². The van der Waals surface area contributed by atoms with Crippen molar-refractivity contribution in [2.45, 2.75) is 20.8 Å². The maximum Gasteiger partial charge on any atom is 0.269 e. The van der Waals surface area contributed by atoms with Crippen LogP contribution < -0.4 is 21.9 Å². The Hall–Kier alpha value is -3.61. The Morgan fingerprint density at radius 2 is 1.67 bits per heavy atom. The summed E-state index contributed by atoms with van der Waals surface area (Å²) in [5.74, 6) is 0.501. The van der Waals surface area contributed by atoms with Gasteiger partial charge in [0.15, 0.2) is 11.6 Å². The summed E-state index contributed by atoms with van der Waals surface area (Å²) >= 11 is 0. The number of anilines is 4. The van der Waals surface area contributed by atoms with Gasteiger partial charge in [-0.2, -0.15) is 0 Å². The molecule has 3 rings (SSSR count). The maximum atomic E-state index is 12.2. The van der Waals surface area contributed by atoms with E-state index in [2.05, 4.69) is 26.1 Å². The second-order valence-electron chi connectivity index (χ2n) is 6.30. The molecule has 7 heteroatoms. The normalized spacial score (nSPS) is 10.3. The number of benzene rings is 2. The molecule has 3 aromatic rings. The monoisotopic (exact) mass is 362 g/mol. The van der Waals surface area contributed by atoms with Crippen molar-refractivity contribution in [1.29, 1.82) is 0 Å². The van der Waals surface area contributed by atoms with Gasteiger partial charge >= 0.3 is 0 Å². The molecule has 1 amide bonds. The van der Waals surface area contributed by atoms with Crippen LogP contribution in [0.1, 0.15) is 27.0 Å². The topological polar surface area (TPSA) is 105 Å². The van der Waals surface area contributed by atoms with Crippen molar-refractivity contribution in [2.24, 2.45) is 0 Å². The molecule has 0 fully saturated rings. The maximum absolute atomic E-state index is 12.2. The van der Waals surface area contributed by atoms with Crippen molar-refractivity contribution < 1.29 is 4.79 Å². The number of aromatic nitrogens is 2. The lowest BCUT2D eigenvalue weighted by molar-refractivity contribution is 0.0962. The molecule has 7 nitrogen and oxygen atoms in total. The molecular formula is C20H22N6O. The Balaban J connectivity index is 1.74. The molecule has 27 heavy (non-hydrogen) atoms. The highest BCUT2D eigenvalue weighted by Gasteiger charge is 2.11. The summed E-state index contributed by atoms with van der Waals surface area (Å²) in [7, 11) is 0. The second kappa shape index (κ2) is 7.74. The van der Waals surface area contributed by atoms with Crippen LogP contribution in [0.15, 0.2) is 48.8 Å². The molecule has 0 bridgehead atoms. The summed E-state index contributed by atoms with van der Waals surface area (Å²) in [5, 5.41) is 3.22. The Kier molecular flexibility index (Phi) is 5.21. The number of carbonyl (C=O) groups excluding carboxylic acids is 1. The molecule has 0 atom stereocenters. The number of amides is 1. The van der Waals surface area contributed by atoms with Gasteiger partial charge in [-0.15, -0.1) is 0 Å². The molecule has 138 valence electrons. The first-order valence-corrected chi connectivity index (χ1v) is 8.52. The minimum absolute atomic E-state index is 0.281. The Labute approximate surface area is 158 Å². The van der Waals surface area contributed by atoms with E-state index in [1.165, 1.54) is 6.33 Å². The fourth-order valence-corrected chi connectivity index (χ4v) is 2.50. The standard InChI is InChI=1S/C20H22N6O/c1-12-7-9-15(10-8-12)20(27)26-25-19-17(21)18(22-11-23-19)24-16-6-4-5-13(2)14(16)3/h4-11H,21H2,1-3H3,(H,26,27)(H2,22,23,24,25). The number of aryl methyl sites for hydroxylation is 2. The van der Waals surface area contributed by atoms with Crippen molar-refractivity contribution in [1.82, 2.24) is 15.4 Å². The molecular weight excluding hydrogens is 340 g/mol. The molecule has 0 saturated heterocycles. The van der Waals surface area contributed by atoms with Crippen molar-refractivity contribution >= 4 is 28.9 Å². The molecule has 1 aromatic heterocycles. The third-order valence-electron chi connectivity index (χ3n) is 4.35. The Morgan fingerprint density at radius 3 is 2.41 bits per heavy atom. The molecule has 0 radical (unpaired) electrons. The number of nitrogens with two attached hydrogens (primary N) is 1. The van der Waals surface area contributed by atoms with Gasteiger partial charge in [0, 0.05) is 11.3 Å². The lowest BCUT2D eigenvalue weighted by atomic mass is 10.1. The minimum atomic E-state index is -0.281. The van der Waals surface area contributed by atoms with Crippen LogP contribution in [0, 0.1) is 20.8 Å². The second-order valence-corrected chi connectivity index (χ2v) is 6.30. The Morgan fingerprint density at radius 1 is 0.963 bits per heavy atom. The van der Waals surface area contributed by atoms with Crippen molar-refractivity contribution in [2.75, 3.05) is 16.5 Å². The zero-order chi connectivity index (χ0) is 19.4. The molecule has 0 aliphatic carbocycles. The number of nitrogens with one attached hydrogen (secondary N) is 3. The highest BCUT2D eigenvalue weighted by atomic mass is 16.2. The van der Waals surface area contributed by atoms with Crippen LogP contribution in [0.5, 0.6) is 0 Å². The predicted molar refractivity (Wildman–Crippen MR) is 108 cm³/mol. The first kappa shape index (κ1) is 18.2. The first-order valence-electron chi connectivity index (χ1n) is 8.52. The molecule has 2 aromatic carbocycles. The van der Waals surface area contributed by atoms with Gasteiger partial charge in [-0.25, -0.2) is 9.97 Å². The van der Waals surface area contributed by atoms with Gasteiger partial charge in [0.25, 0.3) is 5.91 Å². The van der Waals surface area contributed by atoms with Crippen molar-refractivity contribution in [3.63, 3.8) is 0 Å². The zero-order valence-corrected chi connectivity index (χ0v) is 15.5. The van der Waals surface area contributed by atoms with Gasteiger partial charge in [0.05, 0.1) is 0 Å². The third kappa shape index (κ3) is 4.14. The quantitative estimate of drug-likeness (QED) is 0.518. The number of rotatable bonds is 5. The smallest absolute Gasteiger partial charge is 0.269 e. The zero-order valence-electron chi connectivity index (χ0n) is 15.5. The van der Waals surface area contributed by atoms with Crippen molar-refractivity contribution in [3.8, 4) is 0 Å².